The van der Waals surface area contributed by atoms with Gasteiger partial charge in [0.2, 0.25) is 1.43 Å². The van der Waals surface area contributed by atoms with Gasteiger partial charge in [0.15, 0.2) is 0 Å². The number of ketones is 1. The third-order valence-corrected chi connectivity index (χ3v) is 4.53. The van der Waals surface area contributed by atoms with Gasteiger partial charge >= 0.3 is 0 Å². The van der Waals surface area contributed by atoms with E-state index in [0.717, 1.165) is 31.6 Å². The Morgan fingerprint density at radius 1 is 1.28 bits per heavy atom. The minimum Gasteiger partial charge on any atom is -0.396 e. The van der Waals surface area contributed by atoms with Crippen LogP contribution in [0.5, 0.6) is 0 Å². The van der Waals surface area contributed by atoms with Crippen molar-refractivity contribution in [3.8, 4) is 0 Å². The molecule has 0 unspecified atom stereocenters. The zero-order valence-corrected chi connectivity index (χ0v) is 11.9. The molecule has 3 nitrogen and oxygen atoms in total. The standard InChI is InChI=1S/C15H28O3/c1-10(2)12-4-6-13(7-5-12)15(18)8-14(9-16)11(3)17/h10-14,16-17H,4-9H2,1-3H3/t11-,12?,13?,14-/m0/s1/i16D. The van der Waals surface area contributed by atoms with E-state index in [4.69, 9.17) is 1.43 Å². The first-order valence-corrected chi connectivity index (χ1v) is 7.24. The van der Waals surface area contributed by atoms with Crippen molar-refractivity contribution in [2.75, 3.05) is 6.61 Å². The van der Waals surface area contributed by atoms with Gasteiger partial charge in [-0.05, 0) is 44.4 Å². The first-order chi connectivity index (χ1) is 8.95. The van der Waals surface area contributed by atoms with Crippen molar-refractivity contribution in [2.24, 2.45) is 23.7 Å². The minimum atomic E-state index is -0.596. The molecule has 1 saturated carbocycles. The van der Waals surface area contributed by atoms with Crippen molar-refractivity contribution >= 4 is 5.78 Å². The van der Waals surface area contributed by atoms with Gasteiger partial charge in [0, 0.05) is 24.9 Å². The van der Waals surface area contributed by atoms with Gasteiger partial charge in [-0.1, -0.05) is 13.8 Å². The van der Waals surface area contributed by atoms with E-state index in [1.54, 1.807) is 6.92 Å². The second kappa shape index (κ2) is 7.25. The molecule has 106 valence electrons. The van der Waals surface area contributed by atoms with Crippen LogP contribution in [0.25, 0.3) is 0 Å². The van der Waals surface area contributed by atoms with Crippen molar-refractivity contribution in [1.82, 2.24) is 0 Å². The van der Waals surface area contributed by atoms with Crippen LogP contribution in [-0.2, 0) is 4.79 Å². The molecule has 0 bridgehead atoms. The van der Waals surface area contributed by atoms with Gasteiger partial charge in [0.25, 0.3) is 0 Å². The average Bonchev–Trinajstić information content (AvgIpc) is 2.38. The number of aliphatic hydroxyl groups excluding tert-OH is 2. The van der Waals surface area contributed by atoms with Crippen LogP contribution in [0.4, 0.5) is 0 Å². The van der Waals surface area contributed by atoms with Crippen molar-refractivity contribution in [2.45, 2.75) is 59.0 Å². The maximum Gasteiger partial charge on any atom is 0.210 e. The molecule has 2 N–H and O–H groups in total. The molecule has 1 aliphatic carbocycles. The number of carbonyl (C=O) groups excluding carboxylic acids is 1. The summed E-state index contributed by atoms with van der Waals surface area (Å²) in [6.07, 6.45) is 3.99. The fraction of sp³-hybridized carbons (Fsp3) is 0.933. The Morgan fingerprint density at radius 3 is 2.33 bits per heavy atom. The lowest BCUT2D eigenvalue weighted by molar-refractivity contribution is -0.126. The van der Waals surface area contributed by atoms with Gasteiger partial charge in [-0.15, -0.1) is 0 Å². The van der Waals surface area contributed by atoms with Crippen molar-refractivity contribution in [1.29, 1.82) is 1.43 Å². The number of Topliss-reactive ketones (excluding diaryl/α,β-unsaturated/α-hetero) is 1. The molecule has 0 spiro atoms. The highest BCUT2D eigenvalue weighted by Gasteiger charge is 2.29. The Labute approximate surface area is 112 Å². The lowest BCUT2D eigenvalue weighted by atomic mass is 9.74. The van der Waals surface area contributed by atoms with E-state index >= 15 is 0 Å². The van der Waals surface area contributed by atoms with Gasteiger partial charge in [0.1, 0.15) is 5.78 Å². The molecular weight excluding hydrogens is 228 g/mol. The smallest absolute Gasteiger partial charge is 0.210 e. The molecule has 0 saturated heterocycles. The van der Waals surface area contributed by atoms with Gasteiger partial charge in [-0.3, -0.25) is 4.79 Å². The summed E-state index contributed by atoms with van der Waals surface area (Å²) in [5.74, 6) is 1.62. The maximum atomic E-state index is 12.2. The van der Waals surface area contributed by atoms with Crippen LogP contribution in [-0.4, -0.2) is 30.1 Å². The summed E-state index contributed by atoms with van der Waals surface area (Å²) in [7, 11) is 0. The van der Waals surface area contributed by atoms with Crippen LogP contribution < -0.4 is 0 Å². The number of hydrogen-bond acceptors (Lipinski definition) is 3. The summed E-state index contributed by atoms with van der Waals surface area (Å²) in [5.41, 5.74) is 0. The fourth-order valence-corrected chi connectivity index (χ4v) is 2.90. The molecule has 2 atom stereocenters. The summed E-state index contributed by atoms with van der Waals surface area (Å²) >= 11 is 0. The molecule has 0 aliphatic heterocycles. The highest BCUT2D eigenvalue weighted by Crippen LogP contribution is 2.34. The van der Waals surface area contributed by atoms with Crippen LogP contribution in [0.2, 0.25) is 0 Å². The van der Waals surface area contributed by atoms with Crippen LogP contribution in [0.3, 0.4) is 0 Å². The fourth-order valence-electron chi connectivity index (χ4n) is 2.90. The number of rotatable bonds is 7. The molecule has 3 heteroatoms. The van der Waals surface area contributed by atoms with Crippen LogP contribution in [0.1, 0.15) is 52.9 Å². The summed E-state index contributed by atoms with van der Waals surface area (Å²) in [5, 5.41) is 13.9. The predicted octanol–water partition coefficient (Wildman–Crippen LogP) is 2.40. The first kappa shape index (κ1) is 14.0. The molecule has 0 amide bonds. The molecule has 1 rings (SSSR count). The quantitative estimate of drug-likeness (QED) is 0.736. The Kier molecular flexibility index (Phi) is 5.64. The van der Waals surface area contributed by atoms with Crippen LogP contribution in [0, 0.1) is 23.7 Å². The normalized spacial score (nSPS) is 28.8. The molecular formula is C15H28O3. The van der Waals surface area contributed by atoms with Gasteiger partial charge in [0.05, 0.1) is 6.10 Å². The first-order valence-electron chi connectivity index (χ1n) is 7.65. The van der Waals surface area contributed by atoms with Crippen molar-refractivity contribution in [3.63, 3.8) is 0 Å². The second-order valence-electron chi connectivity index (χ2n) is 6.19. The molecule has 0 aromatic carbocycles. The highest BCUT2D eigenvalue weighted by atomic mass is 16.3. The SMILES string of the molecule is [2H]OC[C@H](CC(=O)C1CCC(C(C)C)CC1)[C@H](C)O. The third kappa shape index (κ3) is 4.36. The topological polar surface area (TPSA) is 57.5 Å². The zero-order valence-electron chi connectivity index (χ0n) is 12.9. The summed E-state index contributed by atoms with van der Waals surface area (Å²) in [6.45, 7) is 6.29. The number of carbonyl (C=O) groups is 1. The highest BCUT2D eigenvalue weighted by molar-refractivity contribution is 5.81. The average molecular weight is 257 g/mol. The Bertz CT molecular complexity index is 271. The molecule has 1 fully saturated rings. The number of hydrogen-bond donors (Lipinski definition) is 2. The molecule has 0 aromatic heterocycles. The van der Waals surface area contributed by atoms with E-state index in [1.807, 2.05) is 0 Å². The van der Waals surface area contributed by atoms with E-state index in [-0.39, 0.29) is 24.2 Å². The van der Waals surface area contributed by atoms with Gasteiger partial charge in [-0.2, -0.15) is 0 Å². The molecule has 0 radical (unpaired) electrons. The van der Waals surface area contributed by atoms with Crippen molar-refractivity contribution < 1.29 is 15.0 Å². The predicted molar refractivity (Wildman–Crippen MR) is 72.2 cm³/mol. The van der Waals surface area contributed by atoms with E-state index < -0.39 is 6.10 Å². The number of aliphatic hydroxyl groups is 2. The third-order valence-electron chi connectivity index (χ3n) is 4.53. The molecule has 1 aliphatic rings. The van der Waals surface area contributed by atoms with Gasteiger partial charge in [-0.25, -0.2) is 0 Å². The summed E-state index contributed by atoms with van der Waals surface area (Å²) < 4.78 is 6.77. The zero-order chi connectivity index (χ0) is 14.4. The van der Waals surface area contributed by atoms with Crippen LogP contribution in [0.15, 0.2) is 0 Å². The van der Waals surface area contributed by atoms with E-state index in [9.17, 15) is 9.90 Å². The lowest BCUT2D eigenvalue weighted by Crippen LogP contribution is -2.29. The van der Waals surface area contributed by atoms with E-state index in [1.165, 1.54) is 0 Å². The maximum absolute atomic E-state index is 12.2. The van der Waals surface area contributed by atoms with Crippen LogP contribution >= 0.6 is 0 Å². The molecule has 18 heavy (non-hydrogen) atoms. The Balaban J connectivity index is 2.42. The molecule has 0 aromatic rings. The van der Waals surface area contributed by atoms with E-state index in [0.29, 0.717) is 12.3 Å². The van der Waals surface area contributed by atoms with Gasteiger partial charge < -0.3 is 10.2 Å². The Morgan fingerprint density at radius 2 is 1.89 bits per heavy atom. The second-order valence-corrected chi connectivity index (χ2v) is 6.19. The van der Waals surface area contributed by atoms with Crippen molar-refractivity contribution in [3.05, 3.63) is 0 Å². The monoisotopic (exact) mass is 257 g/mol. The summed E-state index contributed by atoms with van der Waals surface area (Å²) in [4.78, 5) is 12.2. The molecule has 0 heterocycles. The van der Waals surface area contributed by atoms with E-state index in [2.05, 4.69) is 19.0 Å². The minimum absolute atomic E-state index is 0.130. The largest absolute Gasteiger partial charge is 0.396 e. The Hall–Kier alpha value is -0.410. The summed E-state index contributed by atoms with van der Waals surface area (Å²) in [6, 6.07) is 0. The lowest BCUT2D eigenvalue weighted by Gasteiger charge is -2.31.